The molecule has 0 aromatic heterocycles. The second kappa shape index (κ2) is 3.81. The molecule has 0 unspecified atom stereocenters. The molecule has 2 aliphatic rings. The lowest BCUT2D eigenvalue weighted by molar-refractivity contribution is 0.171. The summed E-state index contributed by atoms with van der Waals surface area (Å²) in [4.78, 5) is 2.52. The van der Waals surface area contributed by atoms with Crippen LogP contribution >= 0.6 is 0 Å². The molecule has 1 N–H and O–H groups in total. The van der Waals surface area contributed by atoms with Crippen molar-refractivity contribution in [1.29, 1.82) is 0 Å². The Kier molecular flexibility index (Phi) is 2.70. The maximum absolute atomic E-state index is 3.30. The van der Waals surface area contributed by atoms with E-state index in [-0.39, 0.29) is 0 Å². The topological polar surface area (TPSA) is 15.3 Å². The molecule has 0 aromatic carbocycles. The Morgan fingerprint density at radius 1 is 1.46 bits per heavy atom. The number of nitrogens with one attached hydrogen (secondary N) is 1. The molecule has 2 fully saturated rings. The standard InChI is InChI=1S/C11H20N2/c1-9(10-6-12-7-10)8-13(2)11-4-3-5-11/h11-12H,3-8H2,1-2H3. The molecule has 0 amide bonds. The molecular weight excluding hydrogens is 160 g/mol. The van der Waals surface area contributed by atoms with Gasteiger partial charge in [0.2, 0.25) is 0 Å². The van der Waals surface area contributed by atoms with Crippen LogP contribution in [-0.2, 0) is 0 Å². The summed E-state index contributed by atoms with van der Waals surface area (Å²) in [5.41, 5.74) is 3.22. The van der Waals surface area contributed by atoms with Gasteiger partial charge in [0.05, 0.1) is 0 Å². The Morgan fingerprint density at radius 2 is 2.15 bits per heavy atom. The normalized spacial score (nSPS) is 22.8. The summed E-state index contributed by atoms with van der Waals surface area (Å²) < 4.78 is 0. The minimum atomic E-state index is 0.878. The SMILES string of the molecule is CC(CN(C)C1CCC1)=C1CNC1. The van der Waals surface area contributed by atoms with Gasteiger partial charge in [-0.2, -0.15) is 0 Å². The molecule has 1 aliphatic heterocycles. The lowest BCUT2D eigenvalue weighted by Gasteiger charge is -2.36. The van der Waals surface area contributed by atoms with Gasteiger partial charge in [-0.1, -0.05) is 12.0 Å². The first-order chi connectivity index (χ1) is 6.27. The Hall–Kier alpha value is -0.340. The van der Waals surface area contributed by atoms with E-state index in [1.54, 1.807) is 11.1 Å². The Bertz CT molecular complexity index is 210. The number of likely N-dealkylation sites (N-methyl/N-ethyl adjacent to an activating group) is 1. The summed E-state index contributed by atoms with van der Waals surface area (Å²) in [6.07, 6.45) is 4.26. The monoisotopic (exact) mass is 180 g/mol. The van der Waals surface area contributed by atoms with E-state index >= 15 is 0 Å². The third-order valence-electron chi connectivity index (χ3n) is 3.46. The molecule has 1 saturated heterocycles. The number of hydrogen-bond acceptors (Lipinski definition) is 2. The Balaban J connectivity index is 1.82. The van der Waals surface area contributed by atoms with Crippen LogP contribution in [-0.4, -0.2) is 37.6 Å². The van der Waals surface area contributed by atoms with E-state index in [1.165, 1.54) is 25.8 Å². The molecule has 2 rings (SSSR count). The number of hydrogen-bond donors (Lipinski definition) is 1. The van der Waals surface area contributed by atoms with Crippen molar-refractivity contribution in [3.05, 3.63) is 11.1 Å². The maximum Gasteiger partial charge on any atom is 0.0193 e. The van der Waals surface area contributed by atoms with E-state index in [9.17, 15) is 0 Å². The maximum atomic E-state index is 3.30. The lowest BCUT2D eigenvalue weighted by Crippen LogP contribution is -2.40. The van der Waals surface area contributed by atoms with Gasteiger partial charge in [0.1, 0.15) is 0 Å². The van der Waals surface area contributed by atoms with E-state index in [2.05, 4.69) is 24.2 Å². The van der Waals surface area contributed by atoms with Gasteiger partial charge in [-0.15, -0.1) is 0 Å². The van der Waals surface area contributed by atoms with Gasteiger partial charge in [-0.3, -0.25) is 4.90 Å². The first-order valence-electron chi connectivity index (χ1n) is 5.36. The fourth-order valence-corrected chi connectivity index (χ4v) is 1.99. The highest BCUT2D eigenvalue weighted by Gasteiger charge is 2.22. The lowest BCUT2D eigenvalue weighted by atomic mass is 9.91. The van der Waals surface area contributed by atoms with Gasteiger partial charge in [0, 0.05) is 25.7 Å². The van der Waals surface area contributed by atoms with Crippen LogP contribution in [0.15, 0.2) is 11.1 Å². The van der Waals surface area contributed by atoms with Crippen molar-refractivity contribution in [1.82, 2.24) is 10.2 Å². The van der Waals surface area contributed by atoms with E-state index < -0.39 is 0 Å². The van der Waals surface area contributed by atoms with Crippen molar-refractivity contribution in [3.63, 3.8) is 0 Å². The third kappa shape index (κ3) is 1.94. The molecule has 0 aromatic rings. The number of nitrogens with zero attached hydrogens (tertiary/aromatic N) is 1. The predicted molar refractivity (Wildman–Crippen MR) is 55.8 cm³/mol. The molecule has 0 radical (unpaired) electrons. The van der Waals surface area contributed by atoms with Crippen LogP contribution in [0, 0.1) is 0 Å². The van der Waals surface area contributed by atoms with Gasteiger partial charge in [-0.05, 0) is 32.4 Å². The highest BCUT2D eigenvalue weighted by atomic mass is 15.1. The average Bonchev–Trinajstić information content (AvgIpc) is 1.76. The Labute approximate surface area is 81.0 Å². The highest BCUT2D eigenvalue weighted by Crippen LogP contribution is 2.24. The summed E-state index contributed by atoms with van der Waals surface area (Å²) >= 11 is 0. The molecule has 2 heteroatoms. The van der Waals surface area contributed by atoms with Crippen molar-refractivity contribution in [2.45, 2.75) is 32.2 Å². The van der Waals surface area contributed by atoms with E-state index in [0.717, 1.165) is 19.1 Å². The highest BCUT2D eigenvalue weighted by molar-refractivity contribution is 5.22. The molecule has 0 bridgehead atoms. The fraction of sp³-hybridized carbons (Fsp3) is 0.818. The summed E-state index contributed by atoms with van der Waals surface area (Å²) in [5, 5.41) is 3.30. The van der Waals surface area contributed by atoms with Gasteiger partial charge in [-0.25, -0.2) is 0 Å². The summed E-state index contributed by atoms with van der Waals surface area (Å²) in [7, 11) is 2.26. The summed E-state index contributed by atoms with van der Waals surface area (Å²) in [6.45, 7) is 5.72. The van der Waals surface area contributed by atoms with Crippen LogP contribution in [0.2, 0.25) is 0 Å². The molecule has 13 heavy (non-hydrogen) atoms. The van der Waals surface area contributed by atoms with Crippen LogP contribution in [0.1, 0.15) is 26.2 Å². The minimum absolute atomic E-state index is 0.878. The third-order valence-corrected chi connectivity index (χ3v) is 3.46. The van der Waals surface area contributed by atoms with Gasteiger partial charge >= 0.3 is 0 Å². The summed E-state index contributed by atoms with van der Waals surface area (Å²) in [5.74, 6) is 0. The minimum Gasteiger partial charge on any atom is -0.309 e. The van der Waals surface area contributed by atoms with Crippen molar-refractivity contribution in [2.24, 2.45) is 0 Å². The Morgan fingerprint density at radius 3 is 2.54 bits per heavy atom. The van der Waals surface area contributed by atoms with Crippen LogP contribution in [0.25, 0.3) is 0 Å². The van der Waals surface area contributed by atoms with Crippen LogP contribution < -0.4 is 5.32 Å². The molecule has 1 heterocycles. The first-order valence-corrected chi connectivity index (χ1v) is 5.36. The van der Waals surface area contributed by atoms with Gasteiger partial charge < -0.3 is 5.32 Å². The fourth-order valence-electron chi connectivity index (χ4n) is 1.99. The average molecular weight is 180 g/mol. The quantitative estimate of drug-likeness (QED) is 0.660. The molecule has 1 saturated carbocycles. The van der Waals surface area contributed by atoms with Gasteiger partial charge in [0.15, 0.2) is 0 Å². The van der Waals surface area contributed by atoms with E-state index in [0.29, 0.717) is 0 Å². The first kappa shape index (κ1) is 9.22. The molecule has 0 spiro atoms. The van der Waals surface area contributed by atoms with Crippen molar-refractivity contribution in [2.75, 3.05) is 26.7 Å². The number of rotatable bonds is 3. The molecule has 74 valence electrons. The zero-order valence-electron chi connectivity index (χ0n) is 8.77. The zero-order valence-corrected chi connectivity index (χ0v) is 8.77. The second-order valence-corrected chi connectivity index (χ2v) is 4.49. The van der Waals surface area contributed by atoms with Crippen LogP contribution in [0.3, 0.4) is 0 Å². The van der Waals surface area contributed by atoms with E-state index in [4.69, 9.17) is 0 Å². The second-order valence-electron chi connectivity index (χ2n) is 4.49. The molecular formula is C11H20N2. The largest absolute Gasteiger partial charge is 0.309 e. The smallest absolute Gasteiger partial charge is 0.0193 e. The van der Waals surface area contributed by atoms with Crippen molar-refractivity contribution >= 4 is 0 Å². The predicted octanol–water partition coefficient (Wildman–Crippen LogP) is 1.39. The molecule has 0 atom stereocenters. The van der Waals surface area contributed by atoms with Crippen molar-refractivity contribution in [3.8, 4) is 0 Å². The van der Waals surface area contributed by atoms with E-state index in [1.807, 2.05) is 0 Å². The summed E-state index contributed by atoms with van der Waals surface area (Å²) in [6, 6.07) is 0.878. The van der Waals surface area contributed by atoms with Crippen molar-refractivity contribution < 1.29 is 0 Å². The van der Waals surface area contributed by atoms with Crippen LogP contribution in [0.4, 0.5) is 0 Å². The zero-order chi connectivity index (χ0) is 9.26. The molecule has 1 aliphatic carbocycles. The van der Waals surface area contributed by atoms with Gasteiger partial charge in [0.25, 0.3) is 0 Å². The molecule has 2 nitrogen and oxygen atoms in total. The van der Waals surface area contributed by atoms with Crippen LogP contribution in [0.5, 0.6) is 0 Å².